The monoisotopic (exact) mass is 560 g/mol. The zero-order valence-electron chi connectivity index (χ0n) is 18.9. The third-order valence-corrected chi connectivity index (χ3v) is 6.29. The summed E-state index contributed by atoms with van der Waals surface area (Å²) in [5.74, 6) is -1.61. The van der Waals surface area contributed by atoms with Crippen LogP contribution in [0.3, 0.4) is 0 Å². The topological polar surface area (TPSA) is 81.3 Å². The lowest BCUT2D eigenvalue weighted by Gasteiger charge is -2.30. The summed E-state index contributed by atoms with van der Waals surface area (Å²) in [6.07, 6.45) is -11.1. The van der Waals surface area contributed by atoms with Gasteiger partial charge >= 0.3 is 18.0 Å². The molecule has 0 aliphatic heterocycles. The van der Waals surface area contributed by atoms with Crippen molar-refractivity contribution in [2.75, 3.05) is 17.3 Å². The fraction of sp³-hybridized carbons (Fsp3) is 0.364. The lowest BCUT2D eigenvalue weighted by Crippen LogP contribution is -2.50. The molecular formula is C22H20ClF7N2O3S. The number of hydrogen-bond donors (Lipinski definition) is 2. The first kappa shape index (κ1) is 29.7. The summed E-state index contributed by atoms with van der Waals surface area (Å²) in [5.41, 5.74) is -8.36. The van der Waals surface area contributed by atoms with E-state index in [1.54, 1.807) is 6.92 Å². The van der Waals surface area contributed by atoms with E-state index in [1.165, 1.54) is 24.5 Å². The van der Waals surface area contributed by atoms with E-state index >= 15 is 0 Å². The van der Waals surface area contributed by atoms with Gasteiger partial charge in [0.15, 0.2) is 0 Å². The van der Waals surface area contributed by atoms with Crippen LogP contribution in [-0.4, -0.2) is 46.8 Å². The molecule has 0 aliphatic rings. The Labute approximate surface area is 209 Å². The third kappa shape index (κ3) is 6.24. The molecular weight excluding hydrogens is 541 g/mol. The molecule has 0 bridgehead atoms. The molecule has 2 atom stereocenters. The van der Waals surface area contributed by atoms with Gasteiger partial charge in [0, 0.05) is 11.3 Å². The summed E-state index contributed by atoms with van der Waals surface area (Å²) < 4.78 is 104. The van der Waals surface area contributed by atoms with Crippen LogP contribution in [0.5, 0.6) is 0 Å². The maximum atomic E-state index is 14.3. The molecule has 0 unspecified atom stereocenters. The zero-order valence-corrected chi connectivity index (χ0v) is 20.5. The maximum Gasteiger partial charge on any atom is 0.435 e. The summed E-state index contributed by atoms with van der Waals surface area (Å²) >= 11 is 4.86. The fourth-order valence-corrected chi connectivity index (χ4v) is 4.38. The van der Waals surface area contributed by atoms with Crippen LogP contribution in [-0.2, 0) is 16.8 Å². The molecule has 36 heavy (non-hydrogen) atoms. The van der Waals surface area contributed by atoms with Gasteiger partial charge in [-0.15, -0.1) is 0 Å². The Bertz CT molecular complexity index is 1130. The van der Waals surface area contributed by atoms with Crippen molar-refractivity contribution in [2.45, 2.75) is 37.9 Å². The van der Waals surface area contributed by atoms with Gasteiger partial charge in [-0.05, 0) is 37.6 Å². The van der Waals surface area contributed by atoms with Crippen molar-refractivity contribution in [3.63, 3.8) is 0 Å². The second kappa shape index (κ2) is 10.9. The smallest absolute Gasteiger partial charge is 0.435 e. The number of nitrogens with one attached hydrogen (secondary N) is 2. The number of alkyl halides is 7. The molecule has 0 heterocycles. The van der Waals surface area contributed by atoms with Gasteiger partial charge < -0.3 is 15.2 Å². The van der Waals surface area contributed by atoms with E-state index in [-0.39, 0.29) is 39.2 Å². The van der Waals surface area contributed by atoms with Crippen LogP contribution in [0.15, 0.2) is 36.4 Å². The van der Waals surface area contributed by atoms with Gasteiger partial charge in [0.2, 0.25) is 0 Å². The molecule has 14 heteroatoms. The number of anilines is 1. The SMILES string of the molecule is Cc1cc(C(F)(C(F)(F)F)C(F)(F)F)ccc1NC(=O)c1cccc(Cl)c1C(=O)N[C@H](C)C[S@@+](C)[O-]. The van der Waals surface area contributed by atoms with Gasteiger partial charge in [-0.3, -0.25) is 9.59 Å². The molecule has 0 radical (unpaired) electrons. The number of amides is 2. The van der Waals surface area contributed by atoms with Crippen molar-refractivity contribution in [1.82, 2.24) is 5.32 Å². The molecule has 2 rings (SSSR count). The van der Waals surface area contributed by atoms with Crippen molar-refractivity contribution in [2.24, 2.45) is 0 Å². The minimum absolute atomic E-state index is 0.116. The summed E-state index contributed by atoms with van der Waals surface area (Å²) in [6.45, 7) is 2.65. The standard InChI is InChI=1S/C22H20ClF7N2O3S/c1-11-9-13(20(24,21(25,26)27)22(28,29)30)7-8-16(11)32-18(33)14-5-4-6-15(23)17(14)19(34)31-12(2)10-36(3)35/h4-9,12H,10H2,1-3H3,(H,31,34)(H,32,33)/t12-,36-/m1/s1. The van der Waals surface area contributed by atoms with E-state index in [1.807, 2.05) is 0 Å². The molecule has 0 saturated heterocycles. The lowest BCUT2D eigenvalue weighted by molar-refractivity contribution is -0.348. The van der Waals surface area contributed by atoms with Crippen molar-refractivity contribution >= 4 is 40.3 Å². The Balaban J connectivity index is 2.39. The number of rotatable bonds is 7. The van der Waals surface area contributed by atoms with Crippen molar-refractivity contribution < 1.29 is 44.9 Å². The molecule has 5 nitrogen and oxygen atoms in total. The Morgan fingerprint density at radius 1 is 1.03 bits per heavy atom. The molecule has 198 valence electrons. The zero-order chi connectivity index (χ0) is 27.6. The van der Waals surface area contributed by atoms with E-state index < -0.39 is 52.6 Å². The predicted molar refractivity (Wildman–Crippen MR) is 121 cm³/mol. The Morgan fingerprint density at radius 2 is 1.61 bits per heavy atom. The van der Waals surface area contributed by atoms with Crippen LogP contribution >= 0.6 is 11.6 Å². The highest BCUT2D eigenvalue weighted by atomic mass is 35.5. The van der Waals surface area contributed by atoms with Gasteiger partial charge in [-0.2, -0.15) is 26.3 Å². The number of aryl methyl sites for hydroxylation is 1. The quantitative estimate of drug-likeness (QED) is 0.337. The third-order valence-electron chi connectivity index (χ3n) is 5.00. The fourth-order valence-electron chi connectivity index (χ4n) is 3.33. The molecule has 0 fully saturated rings. The van der Waals surface area contributed by atoms with Crippen LogP contribution in [0.25, 0.3) is 0 Å². The number of hydrogen-bond acceptors (Lipinski definition) is 3. The van der Waals surface area contributed by atoms with E-state index in [2.05, 4.69) is 10.6 Å². The number of halogens is 8. The second-order valence-corrected chi connectivity index (χ2v) is 9.80. The molecule has 0 spiro atoms. The number of carbonyl (C=O) groups is 2. The molecule has 2 aromatic carbocycles. The Kier molecular flexibility index (Phi) is 8.96. The van der Waals surface area contributed by atoms with Gasteiger partial charge in [-0.25, -0.2) is 4.39 Å². The highest BCUT2D eigenvalue weighted by Gasteiger charge is 2.73. The Hall–Kier alpha value is -2.51. The lowest BCUT2D eigenvalue weighted by atomic mass is 9.92. The summed E-state index contributed by atoms with van der Waals surface area (Å²) in [6, 6.07) is 4.63. The van der Waals surface area contributed by atoms with Gasteiger partial charge in [0.1, 0.15) is 5.75 Å². The van der Waals surface area contributed by atoms with Gasteiger partial charge in [0.25, 0.3) is 11.8 Å². The summed E-state index contributed by atoms with van der Waals surface area (Å²) in [7, 11) is 0. The molecule has 0 aliphatic carbocycles. The summed E-state index contributed by atoms with van der Waals surface area (Å²) in [5, 5.41) is 4.70. The van der Waals surface area contributed by atoms with Crippen molar-refractivity contribution in [1.29, 1.82) is 0 Å². The first-order valence-electron chi connectivity index (χ1n) is 10.0. The maximum absolute atomic E-state index is 14.3. The van der Waals surface area contributed by atoms with E-state index in [0.29, 0.717) is 12.1 Å². The van der Waals surface area contributed by atoms with Crippen LogP contribution in [0, 0.1) is 6.92 Å². The van der Waals surface area contributed by atoms with Gasteiger partial charge in [-0.1, -0.05) is 41.0 Å². The molecule has 2 aromatic rings. The van der Waals surface area contributed by atoms with Crippen LogP contribution < -0.4 is 10.6 Å². The normalized spacial score (nSPS) is 14.2. The van der Waals surface area contributed by atoms with E-state index in [0.717, 1.165) is 6.92 Å². The molecule has 2 amide bonds. The largest absolute Gasteiger partial charge is 0.616 e. The highest BCUT2D eigenvalue weighted by Crippen LogP contribution is 2.53. The van der Waals surface area contributed by atoms with Crippen LogP contribution in [0.1, 0.15) is 38.8 Å². The van der Waals surface area contributed by atoms with E-state index in [9.17, 15) is 44.9 Å². The van der Waals surface area contributed by atoms with Gasteiger partial charge in [0.05, 0.1) is 28.4 Å². The number of carbonyl (C=O) groups excluding carboxylic acids is 2. The first-order chi connectivity index (χ1) is 16.4. The minimum atomic E-state index is -6.28. The average molecular weight is 561 g/mol. The van der Waals surface area contributed by atoms with Crippen molar-refractivity contribution in [3.8, 4) is 0 Å². The summed E-state index contributed by atoms with van der Waals surface area (Å²) in [4.78, 5) is 25.6. The second-order valence-electron chi connectivity index (χ2n) is 7.91. The molecule has 2 N–H and O–H groups in total. The Morgan fingerprint density at radius 3 is 2.11 bits per heavy atom. The van der Waals surface area contributed by atoms with Crippen LogP contribution in [0.2, 0.25) is 5.02 Å². The molecule has 0 saturated carbocycles. The minimum Gasteiger partial charge on any atom is -0.616 e. The average Bonchev–Trinajstić information content (AvgIpc) is 2.71. The number of benzene rings is 2. The highest BCUT2D eigenvalue weighted by molar-refractivity contribution is 7.90. The predicted octanol–water partition coefficient (Wildman–Crippen LogP) is 5.69. The molecule has 0 aromatic heterocycles. The van der Waals surface area contributed by atoms with Crippen LogP contribution in [0.4, 0.5) is 36.4 Å². The van der Waals surface area contributed by atoms with Crippen molar-refractivity contribution in [3.05, 3.63) is 63.7 Å². The first-order valence-corrected chi connectivity index (χ1v) is 12.1. The van der Waals surface area contributed by atoms with E-state index in [4.69, 9.17) is 11.6 Å².